The van der Waals surface area contributed by atoms with E-state index in [2.05, 4.69) is 247 Å². The number of hydrogen-bond acceptors (Lipinski definition) is 5. The van der Waals surface area contributed by atoms with E-state index >= 15 is 0 Å². The molecular formula is C68H56N4O. The van der Waals surface area contributed by atoms with Crippen LogP contribution in [0, 0.1) is 22.7 Å². The maximum atomic E-state index is 12.0. The highest BCUT2D eigenvalue weighted by atomic mass is 16.5. The third kappa shape index (κ3) is 6.98. The van der Waals surface area contributed by atoms with Crippen molar-refractivity contribution >= 4 is 34.1 Å². The first-order valence-corrected chi connectivity index (χ1v) is 25.3. The second kappa shape index (κ2) is 16.5. The summed E-state index contributed by atoms with van der Waals surface area (Å²) in [6.45, 7) is 17.7. The second-order valence-corrected chi connectivity index (χ2v) is 21.9. The molecule has 354 valence electrons. The molecule has 0 N–H and O–H groups in total. The minimum Gasteiger partial charge on any atom is -0.360 e. The minimum absolute atomic E-state index is 0.302. The number of nitrogens with zero attached hydrogens (tertiary/aromatic N) is 4. The zero-order valence-corrected chi connectivity index (χ0v) is 42.7. The second-order valence-electron chi connectivity index (χ2n) is 21.9. The van der Waals surface area contributed by atoms with Gasteiger partial charge in [0.2, 0.25) is 0 Å². The highest BCUT2D eigenvalue weighted by molar-refractivity contribution is 5.99. The van der Waals surface area contributed by atoms with Gasteiger partial charge in [0.25, 0.3) is 0 Å². The van der Waals surface area contributed by atoms with Crippen molar-refractivity contribution in [2.24, 2.45) is 0 Å². The summed E-state index contributed by atoms with van der Waals surface area (Å²) in [5.74, 6) is 0. The van der Waals surface area contributed by atoms with Crippen LogP contribution in [0.2, 0.25) is 0 Å². The van der Waals surface area contributed by atoms with Crippen molar-refractivity contribution in [1.29, 1.82) is 10.5 Å². The molecule has 3 aliphatic rings. The van der Waals surface area contributed by atoms with E-state index in [4.69, 9.17) is 4.74 Å². The average molecular weight is 945 g/mol. The number of hydrogen-bond donors (Lipinski definition) is 0. The molecule has 0 saturated heterocycles. The molecule has 5 nitrogen and oxygen atoms in total. The summed E-state index contributed by atoms with van der Waals surface area (Å²) in [4.78, 5) is 4.57. The highest BCUT2D eigenvalue weighted by Gasteiger charge is 2.53. The number of rotatable bonds is 6. The fourth-order valence-corrected chi connectivity index (χ4v) is 12.5. The van der Waals surface area contributed by atoms with Crippen LogP contribution < -0.4 is 9.80 Å². The number of fused-ring (bicyclic) bond motifs is 5. The van der Waals surface area contributed by atoms with Crippen LogP contribution in [0.5, 0.6) is 0 Å². The van der Waals surface area contributed by atoms with Gasteiger partial charge in [0, 0.05) is 22.0 Å². The molecule has 0 saturated carbocycles. The van der Waals surface area contributed by atoms with Crippen LogP contribution in [0.25, 0.3) is 44.5 Å². The zero-order valence-electron chi connectivity index (χ0n) is 42.7. The number of nitriles is 2. The maximum Gasteiger partial charge on any atom is 0.103 e. The Morgan fingerprint density at radius 2 is 0.575 bits per heavy atom. The van der Waals surface area contributed by atoms with Crippen molar-refractivity contribution in [3.63, 3.8) is 0 Å². The molecule has 9 aromatic rings. The van der Waals surface area contributed by atoms with E-state index in [0.29, 0.717) is 22.5 Å². The van der Waals surface area contributed by atoms with Crippen LogP contribution in [-0.4, -0.2) is 0 Å². The van der Waals surface area contributed by atoms with Crippen LogP contribution in [0.15, 0.2) is 194 Å². The van der Waals surface area contributed by atoms with Gasteiger partial charge in [-0.05, 0) is 143 Å². The first kappa shape index (κ1) is 45.6. The summed E-state index contributed by atoms with van der Waals surface area (Å²) < 4.78 is 7.34. The van der Waals surface area contributed by atoms with E-state index < -0.39 is 22.0 Å². The van der Waals surface area contributed by atoms with Gasteiger partial charge in [0.15, 0.2) is 0 Å². The summed E-state index contributed by atoms with van der Waals surface area (Å²) >= 11 is 0. The predicted octanol–water partition coefficient (Wildman–Crippen LogP) is 17.8. The molecule has 0 aromatic heterocycles. The molecule has 3 aliphatic heterocycles. The first-order valence-electron chi connectivity index (χ1n) is 25.3. The predicted molar refractivity (Wildman–Crippen MR) is 298 cm³/mol. The van der Waals surface area contributed by atoms with Gasteiger partial charge in [0.1, 0.15) is 12.1 Å². The van der Waals surface area contributed by atoms with Crippen molar-refractivity contribution in [2.75, 3.05) is 9.80 Å². The van der Waals surface area contributed by atoms with Crippen LogP contribution in [0.3, 0.4) is 0 Å². The molecule has 9 aromatic carbocycles. The van der Waals surface area contributed by atoms with Gasteiger partial charge in [-0.15, -0.1) is 0 Å². The largest absolute Gasteiger partial charge is 0.360 e. The average Bonchev–Trinajstić information content (AvgIpc) is 3.61. The van der Waals surface area contributed by atoms with Crippen molar-refractivity contribution in [3.05, 3.63) is 239 Å². The molecular weight excluding hydrogens is 889 g/mol. The molecule has 0 unspecified atom stereocenters. The standard InChI is InChI=1S/C68H56N4O/c1-65(2)53-37-47(43-21-13-9-14-22-43)29-33-57(53)71(58-34-30-48(38-54(58)65)44-23-15-10-16-24-44)63-51(41-69)52(42-70)64(62-61(63)67(5,6)73-68(62,7)8)72-59-35-31-49(45-25-17-11-18-26-45)39-55(59)66(3,4)56-40-50(32-36-60(56)72)46-27-19-12-20-28-46/h9-40H,1-8H3. The number of anilines is 6. The fourth-order valence-electron chi connectivity index (χ4n) is 12.5. The van der Waals surface area contributed by atoms with Gasteiger partial charge in [-0.25, -0.2) is 0 Å². The molecule has 0 spiro atoms. The van der Waals surface area contributed by atoms with Crippen LogP contribution >= 0.6 is 0 Å². The topological polar surface area (TPSA) is 63.3 Å². The zero-order chi connectivity index (χ0) is 50.6. The molecule has 0 atom stereocenters. The van der Waals surface area contributed by atoms with Crippen molar-refractivity contribution in [1.82, 2.24) is 0 Å². The maximum absolute atomic E-state index is 12.0. The van der Waals surface area contributed by atoms with Gasteiger partial charge in [-0.2, -0.15) is 10.5 Å². The van der Waals surface area contributed by atoms with Crippen molar-refractivity contribution in [3.8, 4) is 56.6 Å². The van der Waals surface area contributed by atoms with Crippen LogP contribution in [0.1, 0.15) is 99.9 Å². The molecule has 0 radical (unpaired) electrons. The van der Waals surface area contributed by atoms with Crippen molar-refractivity contribution in [2.45, 2.75) is 77.4 Å². The molecule has 0 bridgehead atoms. The minimum atomic E-state index is -0.918. The van der Waals surface area contributed by atoms with E-state index in [1.54, 1.807) is 0 Å². The lowest BCUT2D eigenvalue weighted by molar-refractivity contribution is -0.104. The fraction of sp³-hybridized carbons (Fsp3) is 0.176. The van der Waals surface area contributed by atoms with Gasteiger partial charge < -0.3 is 14.5 Å². The number of ether oxygens (including phenoxy) is 1. The lowest BCUT2D eigenvalue weighted by Crippen LogP contribution is -2.34. The monoisotopic (exact) mass is 944 g/mol. The van der Waals surface area contributed by atoms with Gasteiger partial charge in [-0.1, -0.05) is 173 Å². The van der Waals surface area contributed by atoms with Crippen molar-refractivity contribution < 1.29 is 4.74 Å². The molecule has 0 fully saturated rings. The van der Waals surface area contributed by atoms with Gasteiger partial charge in [-0.3, -0.25) is 0 Å². The highest BCUT2D eigenvalue weighted by Crippen LogP contribution is 2.64. The molecule has 0 amide bonds. The summed E-state index contributed by atoms with van der Waals surface area (Å²) in [6, 6.07) is 74.4. The summed E-state index contributed by atoms with van der Waals surface area (Å²) in [6.07, 6.45) is 0. The molecule has 3 heterocycles. The Balaban J connectivity index is 1.19. The molecule has 12 rings (SSSR count). The van der Waals surface area contributed by atoms with Crippen LogP contribution in [-0.2, 0) is 26.8 Å². The van der Waals surface area contributed by atoms with Gasteiger partial charge >= 0.3 is 0 Å². The number of benzene rings is 9. The Labute approximate surface area is 429 Å². The lowest BCUT2D eigenvalue weighted by atomic mass is 9.71. The van der Waals surface area contributed by atoms with Gasteiger partial charge in [0.05, 0.1) is 56.5 Å². The Bertz CT molecular complexity index is 3350. The normalized spacial score (nSPS) is 16.0. The Morgan fingerprint density at radius 1 is 0.329 bits per heavy atom. The van der Waals surface area contributed by atoms with E-state index in [9.17, 15) is 10.5 Å². The quantitative estimate of drug-likeness (QED) is 0.166. The Hall–Kier alpha value is -8.48. The van der Waals surface area contributed by atoms with E-state index in [1.807, 2.05) is 24.3 Å². The summed E-state index contributed by atoms with van der Waals surface area (Å²) in [5.41, 5.74) is 18.2. The van der Waals surface area contributed by atoms with E-state index in [1.165, 1.54) is 0 Å². The Morgan fingerprint density at radius 3 is 0.808 bits per heavy atom. The molecule has 5 heteroatoms. The summed E-state index contributed by atoms with van der Waals surface area (Å²) in [5, 5.41) is 24.0. The van der Waals surface area contributed by atoms with E-state index in [0.717, 1.165) is 101 Å². The van der Waals surface area contributed by atoms with E-state index in [-0.39, 0.29) is 0 Å². The smallest absolute Gasteiger partial charge is 0.103 e. The SMILES string of the molecule is CC1(C)OC(C)(C)c2c(N3c4ccc(-c5ccccc5)cc4C(C)(C)c4cc(-c5ccccc5)ccc43)c(C#N)c(C#N)c(N3c4ccc(-c5ccccc5)cc4C(C)(C)c4cc(-c5ccccc5)ccc43)c21. The van der Waals surface area contributed by atoms with Crippen LogP contribution in [0.4, 0.5) is 34.1 Å². The molecule has 73 heavy (non-hydrogen) atoms. The third-order valence-corrected chi connectivity index (χ3v) is 15.9. The lowest BCUT2D eigenvalue weighted by Gasteiger charge is -2.45. The summed E-state index contributed by atoms with van der Waals surface area (Å²) in [7, 11) is 0. The Kier molecular flexibility index (Phi) is 10.3. The molecule has 0 aliphatic carbocycles. The third-order valence-electron chi connectivity index (χ3n) is 15.9. The first-order chi connectivity index (χ1) is 35.1.